The summed E-state index contributed by atoms with van der Waals surface area (Å²) in [4.78, 5) is 28.8. The van der Waals surface area contributed by atoms with Crippen LogP contribution in [0.1, 0.15) is 24.8 Å². The Morgan fingerprint density at radius 3 is 2.81 bits per heavy atom. The maximum Gasteiger partial charge on any atom is 0.230 e. The number of ether oxygens (including phenoxy) is 1. The van der Waals surface area contributed by atoms with Gasteiger partial charge in [-0.1, -0.05) is 0 Å². The van der Waals surface area contributed by atoms with Crippen LogP contribution >= 0.6 is 0 Å². The highest BCUT2D eigenvalue weighted by Gasteiger charge is 2.28. The highest BCUT2D eigenvalue weighted by Crippen LogP contribution is 2.29. The molecule has 9 heteroatoms. The lowest BCUT2D eigenvalue weighted by Gasteiger charge is -2.35. The quantitative estimate of drug-likeness (QED) is 0.424. The third-order valence-corrected chi connectivity index (χ3v) is 5.76. The lowest BCUT2D eigenvalue weighted by atomic mass is 10.0. The van der Waals surface area contributed by atoms with E-state index in [1.165, 1.54) is 0 Å². The van der Waals surface area contributed by atoms with Gasteiger partial charge in [-0.05, 0) is 30.7 Å². The summed E-state index contributed by atoms with van der Waals surface area (Å²) in [5.41, 5.74) is 1.59. The number of hydrogen-bond acceptors (Lipinski definition) is 8. The number of carbonyl (C=O) groups excluding carboxylic acids is 2. The first kappa shape index (κ1) is 21.6. The zero-order valence-corrected chi connectivity index (χ0v) is 17.3. The van der Waals surface area contributed by atoms with Gasteiger partial charge in [0.1, 0.15) is 30.2 Å². The van der Waals surface area contributed by atoms with Crippen LogP contribution in [-0.4, -0.2) is 76.9 Å². The van der Waals surface area contributed by atoms with E-state index in [0.29, 0.717) is 43.9 Å². The number of piperazine rings is 1. The van der Waals surface area contributed by atoms with Gasteiger partial charge < -0.3 is 30.4 Å². The van der Waals surface area contributed by atoms with E-state index in [0.717, 1.165) is 35.8 Å². The summed E-state index contributed by atoms with van der Waals surface area (Å²) in [5, 5.41) is 27.9. The van der Waals surface area contributed by atoms with E-state index < -0.39 is 18.4 Å². The van der Waals surface area contributed by atoms with Crippen molar-refractivity contribution in [3.05, 3.63) is 29.8 Å². The number of aromatic nitrogens is 1. The summed E-state index contributed by atoms with van der Waals surface area (Å²) in [6, 6.07) is 7.37. The number of nitrogens with one attached hydrogen (secondary N) is 2. The van der Waals surface area contributed by atoms with Gasteiger partial charge in [0.2, 0.25) is 5.91 Å². The molecule has 1 saturated heterocycles. The number of aliphatic hydroxyl groups is 2. The second-order valence-corrected chi connectivity index (χ2v) is 8.06. The van der Waals surface area contributed by atoms with E-state index in [1.807, 2.05) is 23.1 Å². The maximum absolute atomic E-state index is 11.6. The van der Waals surface area contributed by atoms with Crippen LogP contribution in [0.15, 0.2) is 24.3 Å². The molecule has 3 atom stereocenters. The normalized spacial score (nSPS) is 19.5. The largest absolute Gasteiger partial charge is 0.490 e. The summed E-state index contributed by atoms with van der Waals surface area (Å²) in [6.07, 6.45) is -0.312. The van der Waals surface area contributed by atoms with Crippen molar-refractivity contribution < 1.29 is 24.5 Å². The minimum absolute atomic E-state index is 0.0692. The van der Waals surface area contributed by atoms with Crippen molar-refractivity contribution in [3.63, 3.8) is 0 Å². The minimum Gasteiger partial charge on any atom is -0.490 e. The number of fused-ring (bicyclic) bond motifs is 2. The Bertz CT molecular complexity index is 947. The van der Waals surface area contributed by atoms with E-state index in [9.17, 15) is 19.8 Å². The fourth-order valence-electron chi connectivity index (χ4n) is 4.12. The van der Waals surface area contributed by atoms with Crippen LogP contribution in [0.2, 0.25) is 0 Å². The number of carbonyl (C=O) groups is 2. The molecule has 2 aliphatic rings. The fourth-order valence-corrected chi connectivity index (χ4v) is 4.12. The van der Waals surface area contributed by atoms with Gasteiger partial charge in [-0.25, -0.2) is 4.98 Å². The van der Waals surface area contributed by atoms with Crippen LogP contribution in [0.4, 0.5) is 5.82 Å². The molecule has 1 fully saturated rings. The Morgan fingerprint density at radius 1 is 1.23 bits per heavy atom. The van der Waals surface area contributed by atoms with Crippen LogP contribution < -0.4 is 15.4 Å². The number of aldehydes is 1. The van der Waals surface area contributed by atoms with Gasteiger partial charge in [0.15, 0.2) is 0 Å². The fraction of sp³-hybridized carbons (Fsp3) is 0.500. The molecule has 0 radical (unpaired) electrons. The predicted molar refractivity (Wildman–Crippen MR) is 115 cm³/mol. The molecular weight excluding hydrogens is 400 g/mol. The lowest BCUT2D eigenvalue weighted by molar-refractivity contribution is -0.115. The number of pyridine rings is 1. The SMILES string of the molecule is O=CCCC(CC(O)C(O)N1CCNCC1)Oc1ccc2nc3c(cc2c1)CC(=O)N3. The smallest absolute Gasteiger partial charge is 0.230 e. The maximum atomic E-state index is 11.6. The van der Waals surface area contributed by atoms with Gasteiger partial charge in [-0.2, -0.15) is 0 Å². The lowest BCUT2D eigenvalue weighted by Crippen LogP contribution is -2.53. The first-order valence-corrected chi connectivity index (χ1v) is 10.7. The van der Waals surface area contributed by atoms with E-state index in [4.69, 9.17) is 4.74 Å². The molecule has 2 aromatic rings. The van der Waals surface area contributed by atoms with Crippen LogP contribution in [0.5, 0.6) is 5.75 Å². The van der Waals surface area contributed by atoms with Crippen molar-refractivity contribution >= 4 is 28.9 Å². The van der Waals surface area contributed by atoms with E-state index in [2.05, 4.69) is 15.6 Å². The first-order chi connectivity index (χ1) is 15.0. The predicted octanol–water partition coefficient (Wildman–Crippen LogP) is 0.431. The van der Waals surface area contributed by atoms with Crippen molar-refractivity contribution in [1.82, 2.24) is 15.2 Å². The Hall–Kier alpha value is -2.59. The molecule has 1 amide bonds. The summed E-state index contributed by atoms with van der Waals surface area (Å²) in [6.45, 7) is 2.87. The van der Waals surface area contributed by atoms with Crippen LogP contribution in [0.25, 0.3) is 10.9 Å². The Balaban J connectivity index is 1.46. The molecule has 2 aliphatic heterocycles. The number of rotatable bonds is 9. The average Bonchev–Trinajstić information content (AvgIpc) is 3.14. The number of nitrogens with zero attached hydrogens (tertiary/aromatic N) is 2. The van der Waals surface area contributed by atoms with E-state index >= 15 is 0 Å². The average molecular weight is 428 g/mol. The zero-order valence-electron chi connectivity index (χ0n) is 17.3. The van der Waals surface area contributed by atoms with Gasteiger partial charge in [0, 0.05) is 50.0 Å². The third kappa shape index (κ3) is 5.19. The van der Waals surface area contributed by atoms with Crippen LogP contribution in [0, 0.1) is 0 Å². The molecule has 166 valence electrons. The van der Waals surface area contributed by atoms with Gasteiger partial charge in [-0.3, -0.25) is 9.69 Å². The minimum atomic E-state index is -0.989. The molecule has 0 spiro atoms. The Labute approximate surface area is 180 Å². The Morgan fingerprint density at radius 2 is 2.03 bits per heavy atom. The van der Waals surface area contributed by atoms with Crippen molar-refractivity contribution in [2.24, 2.45) is 0 Å². The van der Waals surface area contributed by atoms with E-state index in [1.54, 1.807) is 6.07 Å². The monoisotopic (exact) mass is 428 g/mol. The third-order valence-electron chi connectivity index (χ3n) is 5.76. The van der Waals surface area contributed by atoms with Gasteiger partial charge in [0.25, 0.3) is 0 Å². The van der Waals surface area contributed by atoms with Gasteiger partial charge in [0.05, 0.1) is 18.0 Å². The van der Waals surface area contributed by atoms with Gasteiger partial charge in [-0.15, -0.1) is 0 Å². The molecule has 31 heavy (non-hydrogen) atoms. The number of aliphatic hydroxyl groups excluding tert-OH is 2. The molecule has 0 aliphatic carbocycles. The topological polar surface area (TPSA) is 124 Å². The molecule has 3 heterocycles. The molecule has 1 aromatic carbocycles. The molecule has 3 unspecified atom stereocenters. The molecule has 4 N–H and O–H groups in total. The summed E-state index contributed by atoms with van der Waals surface area (Å²) >= 11 is 0. The number of anilines is 1. The standard InChI is InChI=1S/C22H28N4O5/c27-9-1-2-16(13-19(28)22(30)26-7-5-23-6-8-26)31-17-3-4-18-14(11-17)10-15-12-20(29)25-21(15)24-18/h3-4,9-11,16,19,22-23,28,30H,1-2,5-8,12-13H2,(H,24,25,29). The van der Waals surface area contributed by atoms with E-state index in [-0.39, 0.29) is 12.3 Å². The van der Waals surface area contributed by atoms with Crippen molar-refractivity contribution in [1.29, 1.82) is 0 Å². The molecular formula is C22H28N4O5. The second kappa shape index (κ2) is 9.69. The number of hydrogen-bond donors (Lipinski definition) is 4. The first-order valence-electron chi connectivity index (χ1n) is 10.7. The molecule has 1 aromatic heterocycles. The van der Waals surface area contributed by atoms with Crippen molar-refractivity contribution in [2.45, 2.75) is 44.1 Å². The summed E-state index contributed by atoms with van der Waals surface area (Å²) in [5.74, 6) is 1.12. The molecule has 9 nitrogen and oxygen atoms in total. The second-order valence-electron chi connectivity index (χ2n) is 8.06. The highest BCUT2D eigenvalue weighted by molar-refractivity contribution is 6.00. The van der Waals surface area contributed by atoms with Crippen LogP contribution in [-0.2, 0) is 16.0 Å². The number of benzene rings is 1. The zero-order chi connectivity index (χ0) is 21.8. The van der Waals surface area contributed by atoms with Gasteiger partial charge >= 0.3 is 0 Å². The van der Waals surface area contributed by atoms with Crippen molar-refractivity contribution in [3.8, 4) is 5.75 Å². The number of amides is 1. The summed E-state index contributed by atoms with van der Waals surface area (Å²) in [7, 11) is 0. The highest BCUT2D eigenvalue weighted by atomic mass is 16.5. The summed E-state index contributed by atoms with van der Waals surface area (Å²) < 4.78 is 6.10. The Kier molecular flexibility index (Phi) is 6.77. The van der Waals surface area contributed by atoms with Crippen molar-refractivity contribution in [2.75, 3.05) is 31.5 Å². The molecule has 0 saturated carbocycles. The molecule has 0 bridgehead atoms. The van der Waals surface area contributed by atoms with Crippen LogP contribution in [0.3, 0.4) is 0 Å². The molecule has 4 rings (SSSR count).